The van der Waals surface area contributed by atoms with Gasteiger partial charge in [-0.3, -0.25) is 5.10 Å². The van der Waals surface area contributed by atoms with Gasteiger partial charge in [-0.25, -0.2) is 18.4 Å². The van der Waals surface area contributed by atoms with Crippen molar-refractivity contribution in [3.8, 4) is 0 Å². The Morgan fingerprint density at radius 2 is 2.05 bits per heavy atom. The standard InChI is InChI=1S/C12H17ClN6O2S/c1-8-15-11(17-16-8)9-3-5-19(6-4-9)22(20,21)12-10(13)18(2)7-14-12/h7,9H,3-6H2,1-2H3,(H,15,16,17). The zero-order chi connectivity index (χ0) is 15.9. The zero-order valence-electron chi connectivity index (χ0n) is 12.3. The fourth-order valence-electron chi connectivity index (χ4n) is 2.59. The van der Waals surface area contributed by atoms with Gasteiger partial charge in [-0.2, -0.15) is 9.40 Å². The van der Waals surface area contributed by atoms with Crippen LogP contribution in [0.5, 0.6) is 0 Å². The molecule has 3 rings (SSSR count). The summed E-state index contributed by atoms with van der Waals surface area (Å²) in [4.78, 5) is 8.24. The minimum absolute atomic E-state index is 0.0798. The van der Waals surface area contributed by atoms with Gasteiger partial charge >= 0.3 is 0 Å². The summed E-state index contributed by atoms with van der Waals surface area (Å²) < 4.78 is 28.1. The molecular formula is C12H17ClN6O2S. The van der Waals surface area contributed by atoms with E-state index in [1.165, 1.54) is 15.2 Å². The summed E-state index contributed by atoms with van der Waals surface area (Å²) in [6.45, 7) is 2.67. The molecule has 3 heterocycles. The maximum atomic E-state index is 12.6. The van der Waals surface area contributed by atoms with Crippen LogP contribution in [0, 0.1) is 6.92 Å². The summed E-state index contributed by atoms with van der Waals surface area (Å²) >= 11 is 6.01. The molecule has 1 fully saturated rings. The van der Waals surface area contributed by atoms with Crippen LogP contribution in [0.15, 0.2) is 11.4 Å². The summed E-state index contributed by atoms with van der Waals surface area (Å²) in [5.74, 6) is 1.70. The van der Waals surface area contributed by atoms with Gasteiger partial charge in [-0.15, -0.1) is 0 Å². The van der Waals surface area contributed by atoms with Crippen LogP contribution in [-0.4, -0.2) is 50.5 Å². The fourth-order valence-corrected chi connectivity index (χ4v) is 4.44. The van der Waals surface area contributed by atoms with Crippen molar-refractivity contribution in [3.05, 3.63) is 23.1 Å². The van der Waals surface area contributed by atoms with Crippen molar-refractivity contribution < 1.29 is 8.42 Å². The second-order valence-corrected chi connectivity index (χ2v) is 7.62. The summed E-state index contributed by atoms with van der Waals surface area (Å²) in [7, 11) is -1.99. The van der Waals surface area contributed by atoms with Crippen molar-refractivity contribution in [2.24, 2.45) is 7.05 Å². The molecule has 22 heavy (non-hydrogen) atoms. The molecule has 0 aliphatic carbocycles. The normalized spacial score (nSPS) is 18.0. The number of halogens is 1. The number of sulfonamides is 1. The van der Waals surface area contributed by atoms with Gasteiger partial charge < -0.3 is 4.57 Å². The van der Waals surface area contributed by atoms with E-state index >= 15 is 0 Å². The second-order valence-electron chi connectivity index (χ2n) is 5.41. The number of aromatic amines is 1. The Hall–Kier alpha value is -1.45. The summed E-state index contributed by atoms with van der Waals surface area (Å²) in [5, 5.41) is 7.03. The van der Waals surface area contributed by atoms with Crippen molar-refractivity contribution in [3.63, 3.8) is 0 Å². The van der Waals surface area contributed by atoms with Crippen LogP contribution < -0.4 is 0 Å². The third-order valence-corrected chi connectivity index (χ3v) is 6.24. The molecule has 0 unspecified atom stereocenters. The van der Waals surface area contributed by atoms with E-state index < -0.39 is 10.0 Å². The van der Waals surface area contributed by atoms with Crippen molar-refractivity contribution in [2.45, 2.75) is 30.7 Å². The average Bonchev–Trinajstić information content (AvgIpc) is 3.07. The molecule has 0 bridgehead atoms. The van der Waals surface area contributed by atoms with Crippen LogP contribution >= 0.6 is 11.6 Å². The summed E-state index contributed by atoms with van der Waals surface area (Å²) in [5.41, 5.74) is 0. The molecule has 10 heteroatoms. The van der Waals surface area contributed by atoms with Crippen molar-refractivity contribution in [1.82, 2.24) is 29.0 Å². The number of hydrogen-bond acceptors (Lipinski definition) is 5. The highest BCUT2D eigenvalue weighted by atomic mass is 35.5. The lowest BCUT2D eigenvalue weighted by atomic mass is 9.98. The molecule has 1 aliphatic rings. The van der Waals surface area contributed by atoms with Gasteiger partial charge in [0.05, 0.1) is 6.33 Å². The van der Waals surface area contributed by atoms with E-state index in [2.05, 4.69) is 20.2 Å². The van der Waals surface area contributed by atoms with Gasteiger partial charge in [0.15, 0.2) is 5.82 Å². The van der Waals surface area contributed by atoms with Crippen LogP contribution in [0.4, 0.5) is 0 Å². The maximum Gasteiger partial charge on any atom is 0.263 e. The number of aryl methyl sites for hydroxylation is 2. The molecular weight excluding hydrogens is 328 g/mol. The fraction of sp³-hybridized carbons (Fsp3) is 0.583. The SMILES string of the molecule is Cc1nc(C2CCN(S(=O)(=O)c3ncn(C)c3Cl)CC2)n[nH]1. The van der Waals surface area contributed by atoms with Crippen LogP contribution in [0.1, 0.15) is 30.4 Å². The first kappa shape index (κ1) is 15.4. The molecule has 120 valence electrons. The number of nitrogens with zero attached hydrogens (tertiary/aromatic N) is 5. The first-order chi connectivity index (χ1) is 10.4. The van der Waals surface area contributed by atoms with Crippen molar-refractivity contribution in [1.29, 1.82) is 0 Å². The zero-order valence-corrected chi connectivity index (χ0v) is 13.9. The number of nitrogens with one attached hydrogen (secondary N) is 1. The van der Waals surface area contributed by atoms with Gasteiger partial charge in [0, 0.05) is 26.1 Å². The monoisotopic (exact) mass is 344 g/mol. The van der Waals surface area contributed by atoms with E-state index in [0.717, 1.165) is 11.6 Å². The molecule has 1 saturated heterocycles. The van der Waals surface area contributed by atoms with Gasteiger partial charge in [0.2, 0.25) is 5.03 Å². The molecule has 0 atom stereocenters. The minimum atomic E-state index is -3.65. The van der Waals surface area contributed by atoms with Crippen LogP contribution in [0.25, 0.3) is 0 Å². The number of hydrogen-bond donors (Lipinski definition) is 1. The highest BCUT2D eigenvalue weighted by Crippen LogP contribution is 2.30. The van der Waals surface area contributed by atoms with Crippen molar-refractivity contribution >= 4 is 21.6 Å². The third kappa shape index (κ3) is 2.64. The maximum absolute atomic E-state index is 12.6. The lowest BCUT2D eigenvalue weighted by Crippen LogP contribution is -2.38. The molecule has 0 amide bonds. The molecule has 2 aromatic heterocycles. The van der Waals surface area contributed by atoms with E-state index in [0.29, 0.717) is 25.9 Å². The van der Waals surface area contributed by atoms with Gasteiger partial charge in [-0.1, -0.05) is 11.6 Å². The first-order valence-electron chi connectivity index (χ1n) is 6.95. The number of aromatic nitrogens is 5. The quantitative estimate of drug-likeness (QED) is 0.898. The molecule has 0 radical (unpaired) electrons. The molecule has 8 nitrogen and oxygen atoms in total. The van der Waals surface area contributed by atoms with E-state index in [4.69, 9.17) is 11.6 Å². The Morgan fingerprint density at radius 3 is 2.55 bits per heavy atom. The highest BCUT2D eigenvalue weighted by Gasteiger charge is 2.34. The summed E-state index contributed by atoms with van der Waals surface area (Å²) in [6.07, 6.45) is 2.76. The van der Waals surface area contributed by atoms with E-state index in [-0.39, 0.29) is 16.1 Å². The van der Waals surface area contributed by atoms with E-state index in [9.17, 15) is 8.42 Å². The predicted molar refractivity (Wildman–Crippen MR) is 80.1 cm³/mol. The lowest BCUT2D eigenvalue weighted by molar-refractivity contribution is 0.313. The van der Waals surface area contributed by atoms with Crippen LogP contribution in [0.2, 0.25) is 5.15 Å². The summed E-state index contributed by atoms with van der Waals surface area (Å²) in [6, 6.07) is 0. The topological polar surface area (TPSA) is 96.8 Å². The number of H-pyrrole nitrogens is 1. The Bertz CT molecular complexity index is 775. The molecule has 1 N–H and O–H groups in total. The third-order valence-electron chi connectivity index (χ3n) is 3.85. The van der Waals surface area contributed by atoms with Crippen LogP contribution in [0.3, 0.4) is 0 Å². The van der Waals surface area contributed by atoms with Crippen molar-refractivity contribution in [2.75, 3.05) is 13.1 Å². The van der Waals surface area contributed by atoms with Gasteiger partial charge in [-0.05, 0) is 19.8 Å². The van der Waals surface area contributed by atoms with Crippen LogP contribution in [-0.2, 0) is 17.1 Å². The van der Waals surface area contributed by atoms with E-state index in [1.54, 1.807) is 7.05 Å². The molecule has 1 aliphatic heterocycles. The lowest BCUT2D eigenvalue weighted by Gasteiger charge is -2.29. The van der Waals surface area contributed by atoms with Gasteiger partial charge in [0.1, 0.15) is 11.0 Å². The van der Waals surface area contributed by atoms with Gasteiger partial charge in [0.25, 0.3) is 10.0 Å². The minimum Gasteiger partial charge on any atom is -0.324 e. The number of piperidine rings is 1. The average molecular weight is 345 g/mol. The second kappa shape index (κ2) is 5.64. The Balaban J connectivity index is 1.74. The Morgan fingerprint density at radius 1 is 1.36 bits per heavy atom. The highest BCUT2D eigenvalue weighted by molar-refractivity contribution is 7.89. The number of imidazole rings is 1. The van der Waals surface area contributed by atoms with E-state index in [1.807, 2.05) is 6.92 Å². The molecule has 0 aromatic carbocycles. The Kier molecular flexibility index (Phi) is 3.96. The smallest absolute Gasteiger partial charge is 0.263 e. The molecule has 2 aromatic rings. The molecule has 0 spiro atoms. The predicted octanol–water partition coefficient (Wildman–Crippen LogP) is 1.07. The largest absolute Gasteiger partial charge is 0.324 e. The molecule has 0 saturated carbocycles. The first-order valence-corrected chi connectivity index (χ1v) is 8.77. The Labute approximate surface area is 133 Å². The number of rotatable bonds is 3.